The number of nitrogens with zero attached hydrogens (tertiary/aromatic N) is 5. The van der Waals surface area contributed by atoms with Gasteiger partial charge in [0.1, 0.15) is 28.9 Å². The fourth-order valence-corrected chi connectivity index (χ4v) is 5.24. The van der Waals surface area contributed by atoms with Gasteiger partial charge in [0, 0.05) is 37.8 Å². The normalized spacial score (nSPS) is 23.5. The monoisotopic (exact) mass is 433 g/mol. The smallest absolute Gasteiger partial charge is 0.245 e. The van der Waals surface area contributed by atoms with Gasteiger partial charge in [-0.25, -0.2) is 23.8 Å². The third kappa shape index (κ3) is 3.04. The van der Waals surface area contributed by atoms with Gasteiger partial charge in [0.15, 0.2) is 0 Å². The van der Waals surface area contributed by atoms with Crippen molar-refractivity contribution in [1.29, 1.82) is 0 Å². The van der Waals surface area contributed by atoms with Gasteiger partial charge in [-0.3, -0.25) is 9.80 Å². The Morgan fingerprint density at radius 3 is 2.50 bits per heavy atom. The highest BCUT2D eigenvalue weighted by atomic mass is 35.5. The molecule has 3 saturated heterocycles. The molecule has 9 heteroatoms. The van der Waals surface area contributed by atoms with E-state index in [2.05, 4.69) is 19.9 Å². The van der Waals surface area contributed by atoms with E-state index in [4.69, 9.17) is 11.6 Å². The second-order valence-corrected chi connectivity index (χ2v) is 8.78. The first-order valence-electron chi connectivity index (χ1n) is 10.1. The van der Waals surface area contributed by atoms with Gasteiger partial charge in [-0.1, -0.05) is 11.6 Å². The maximum absolute atomic E-state index is 13.8. The average molecular weight is 434 g/mol. The minimum absolute atomic E-state index is 0.0618. The number of halogens is 3. The Bertz CT molecular complexity index is 991. The number of carbonyl (C=O) groups is 1. The minimum atomic E-state index is -0.614. The molecule has 5 rings (SSSR count). The number of amides is 1. The van der Waals surface area contributed by atoms with Crippen LogP contribution >= 0.6 is 11.6 Å². The third-order valence-electron chi connectivity index (χ3n) is 6.69. The van der Waals surface area contributed by atoms with Crippen LogP contribution in [0.2, 0.25) is 5.15 Å². The van der Waals surface area contributed by atoms with Crippen molar-refractivity contribution in [3.05, 3.63) is 52.4 Å². The number of hydrogen-bond acceptors (Lipinski definition) is 5. The van der Waals surface area contributed by atoms with Gasteiger partial charge in [-0.15, -0.1) is 0 Å². The molecule has 1 amide bonds. The summed E-state index contributed by atoms with van der Waals surface area (Å²) in [4.78, 5) is 24.1. The molecular weight excluding hydrogens is 412 g/mol. The van der Waals surface area contributed by atoms with Crippen molar-refractivity contribution in [2.75, 3.05) is 31.1 Å². The molecule has 0 aliphatic carbocycles. The van der Waals surface area contributed by atoms with E-state index in [9.17, 15) is 13.6 Å². The topological polar surface area (TPSA) is 52.6 Å². The lowest BCUT2D eigenvalue weighted by molar-refractivity contribution is -0.143. The predicted molar refractivity (Wildman–Crippen MR) is 108 cm³/mol. The van der Waals surface area contributed by atoms with Crippen molar-refractivity contribution in [3.8, 4) is 0 Å². The molecule has 3 aliphatic heterocycles. The Morgan fingerprint density at radius 1 is 1.10 bits per heavy atom. The van der Waals surface area contributed by atoms with Crippen LogP contribution in [0.1, 0.15) is 36.4 Å². The van der Waals surface area contributed by atoms with Crippen LogP contribution in [0.15, 0.2) is 24.5 Å². The zero-order valence-electron chi connectivity index (χ0n) is 16.6. The first-order chi connectivity index (χ1) is 14.4. The van der Waals surface area contributed by atoms with Gasteiger partial charge in [0.25, 0.3) is 0 Å². The zero-order chi connectivity index (χ0) is 21.0. The van der Waals surface area contributed by atoms with Gasteiger partial charge < -0.3 is 4.90 Å². The van der Waals surface area contributed by atoms with Crippen molar-refractivity contribution in [1.82, 2.24) is 20.0 Å². The molecule has 0 bridgehead atoms. The van der Waals surface area contributed by atoms with Crippen molar-refractivity contribution in [2.24, 2.45) is 5.41 Å². The van der Waals surface area contributed by atoms with Crippen LogP contribution < -0.4 is 4.90 Å². The van der Waals surface area contributed by atoms with Crippen molar-refractivity contribution >= 4 is 23.3 Å². The number of hydrazine groups is 1. The van der Waals surface area contributed by atoms with Gasteiger partial charge in [0.05, 0.1) is 11.5 Å². The lowest BCUT2D eigenvalue weighted by Crippen LogP contribution is -2.46. The molecule has 0 saturated carbocycles. The van der Waals surface area contributed by atoms with Crippen LogP contribution in [0.25, 0.3) is 0 Å². The van der Waals surface area contributed by atoms with E-state index in [-0.39, 0.29) is 11.9 Å². The van der Waals surface area contributed by atoms with Crippen LogP contribution in [0.3, 0.4) is 0 Å². The molecule has 0 unspecified atom stereocenters. The number of aromatic nitrogens is 2. The second-order valence-electron chi connectivity index (χ2n) is 8.43. The number of benzene rings is 1. The van der Waals surface area contributed by atoms with E-state index in [0.29, 0.717) is 56.2 Å². The Labute approximate surface area is 178 Å². The SMILES string of the molecule is Cc1c(Cl)ncnc1N1CCC2(CC1)CN1CC[C@@H](c3cc(F)cc(F)c3)N1C2=O. The van der Waals surface area contributed by atoms with E-state index >= 15 is 0 Å². The number of rotatable bonds is 2. The van der Waals surface area contributed by atoms with Gasteiger partial charge >= 0.3 is 0 Å². The summed E-state index contributed by atoms with van der Waals surface area (Å²) in [6.45, 7) is 4.65. The molecule has 1 spiro atoms. The maximum atomic E-state index is 13.8. The fraction of sp³-hybridized carbons (Fsp3) is 0.476. The summed E-state index contributed by atoms with van der Waals surface area (Å²) in [5, 5.41) is 4.24. The summed E-state index contributed by atoms with van der Waals surface area (Å²) in [7, 11) is 0. The summed E-state index contributed by atoms with van der Waals surface area (Å²) in [6.07, 6.45) is 3.53. The third-order valence-corrected chi connectivity index (χ3v) is 7.07. The molecule has 1 aromatic carbocycles. The lowest BCUT2D eigenvalue weighted by atomic mass is 9.77. The molecule has 2 aromatic rings. The molecule has 158 valence electrons. The molecule has 3 aliphatic rings. The molecule has 4 heterocycles. The Kier molecular flexibility index (Phi) is 4.67. The van der Waals surface area contributed by atoms with Gasteiger partial charge in [0.2, 0.25) is 5.91 Å². The van der Waals surface area contributed by atoms with Crippen LogP contribution in [-0.4, -0.2) is 52.1 Å². The van der Waals surface area contributed by atoms with Crippen molar-refractivity contribution < 1.29 is 13.6 Å². The summed E-state index contributed by atoms with van der Waals surface area (Å²) >= 11 is 6.14. The molecule has 0 N–H and O–H groups in total. The van der Waals surface area contributed by atoms with Gasteiger partial charge in [-0.05, 0) is 43.9 Å². The molecule has 1 aromatic heterocycles. The molecule has 3 fully saturated rings. The average Bonchev–Trinajstić information content (AvgIpc) is 3.23. The summed E-state index contributed by atoms with van der Waals surface area (Å²) in [6, 6.07) is 3.21. The van der Waals surface area contributed by atoms with E-state index < -0.39 is 17.0 Å². The van der Waals surface area contributed by atoms with E-state index in [1.807, 2.05) is 6.92 Å². The lowest BCUT2D eigenvalue weighted by Gasteiger charge is -2.38. The van der Waals surface area contributed by atoms with E-state index in [0.717, 1.165) is 17.4 Å². The van der Waals surface area contributed by atoms with Crippen LogP contribution in [0, 0.1) is 24.0 Å². The fourth-order valence-electron chi connectivity index (χ4n) is 5.12. The number of piperidine rings is 1. The molecule has 0 radical (unpaired) electrons. The van der Waals surface area contributed by atoms with Crippen LogP contribution in [0.5, 0.6) is 0 Å². The zero-order valence-corrected chi connectivity index (χ0v) is 17.4. The molecule has 30 heavy (non-hydrogen) atoms. The maximum Gasteiger partial charge on any atom is 0.245 e. The molecular formula is C21H22ClF2N5O. The Hall–Kier alpha value is -2.32. The summed E-state index contributed by atoms with van der Waals surface area (Å²) in [5.74, 6) is -0.357. The van der Waals surface area contributed by atoms with Crippen molar-refractivity contribution in [3.63, 3.8) is 0 Å². The highest BCUT2D eigenvalue weighted by molar-refractivity contribution is 6.30. The highest BCUT2D eigenvalue weighted by Gasteiger charge is 2.56. The van der Waals surface area contributed by atoms with Crippen LogP contribution in [-0.2, 0) is 4.79 Å². The number of hydrogen-bond donors (Lipinski definition) is 0. The Morgan fingerprint density at radius 2 is 1.80 bits per heavy atom. The standard InChI is InChI=1S/C21H22ClF2N5O/c1-13-18(22)25-12-26-19(13)27-6-3-21(4-7-27)11-28-5-2-17(29(28)20(21)30)14-8-15(23)10-16(24)9-14/h8-10,12,17H,2-7,11H2,1H3/t17-/m0/s1. The van der Waals surface area contributed by atoms with E-state index in [1.165, 1.54) is 18.5 Å². The first-order valence-corrected chi connectivity index (χ1v) is 10.5. The van der Waals surface area contributed by atoms with E-state index in [1.54, 1.807) is 5.01 Å². The molecule has 1 atom stereocenters. The minimum Gasteiger partial charge on any atom is -0.356 e. The van der Waals surface area contributed by atoms with Crippen molar-refractivity contribution in [2.45, 2.75) is 32.2 Å². The second kappa shape index (κ2) is 7.13. The predicted octanol–water partition coefficient (Wildman–Crippen LogP) is 3.51. The number of fused-ring (bicyclic) bond motifs is 1. The summed E-state index contributed by atoms with van der Waals surface area (Å²) in [5.41, 5.74) is 0.890. The Balaban J connectivity index is 1.36. The number of anilines is 1. The number of carbonyl (C=O) groups excluding carboxylic acids is 1. The molecule has 6 nitrogen and oxygen atoms in total. The first kappa shape index (κ1) is 19.6. The highest BCUT2D eigenvalue weighted by Crippen LogP contribution is 2.47. The largest absolute Gasteiger partial charge is 0.356 e. The van der Waals surface area contributed by atoms with Gasteiger partial charge in [-0.2, -0.15) is 0 Å². The summed E-state index contributed by atoms with van der Waals surface area (Å²) < 4.78 is 27.5. The van der Waals surface area contributed by atoms with Crippen LogP contribution in [0.4, 0.5) is 14.6 Å². The quantitative estimate of drug-likeness (QED) is 0.678.